The van der Waals surface area contributed by atoms with Gasteiger partial charge in [0.2, 0.25) is 0 Å². The van der Waals surface area contributed by atoms with Crippen molar-refractivity contribution in [3.05, 3.63) is 12.2 Å². The third-order valence-corrected chi connectivity index (χ3v) is 3.84. The Morgan fingerprint density at radius 1 is 1.08 bits per heavy atom. The molecule has 0 spiro atoms. The van der Waals surface area contributed by atoms with E-state index in [4.69, 9.17) is 0 Å². The largest absolute Gasteiger partial charge is 0.0851 e. The van der Waals surface area contributed by atoms with Crippen LogP contribution in [0, 0.1) is 17.8 Å². The predicted molar refractivity (Wildman–Crippen MR) is 57.6 cm³/mol. The van der Waals surface area contributed by atoms with Gasteiger partial charge in [0.1, 0.15) is 0 Å². The predicted octanol–water partition coefficient (Wildman–Crippen LogP) is 4.17. The molecular formula is C13H22. The van der Waals surface area contributed by atoms with E-state index in [0.717, 1.165) is 17.8 Å². The average Bonchev–Trinajstić information content (AvgIpc) is 2.73. The smallest absolute Gasteiger partial charge is 0.0199 e. The number of hydrogen-bond donors (Lipinski definition) is 0. The topological polar surface area (TPSA) is 0 Å². The van der Waals surface area contributed by atoms with Gasteiger partial charge in [-0.05, 0) is 37.0 Å². The molecule has 3 unspecified atom stereocenters. The molecule has 0 radical (unpaired) electrons. The van der Waals surface area contributed by atoms with Crippen LogP contribution < -0.4 is 0 Å². The SMILES string of the molecule is CCCCCCC1CC2C=CC1C2. The molecule has 1 saturated carbocycles. The molecule has 74 valence electrons. The Bertz CT molecular complexity index is 180. The van der Waals surface area contributed by atoms with Crippen molar-refractivity contribution in [2.45, 2.75) is 51.9 Å². The molecule has 2 bridgehead atoms. The van der Waals surface area contributed by atoms with E-state index in [1.807, 2.05) is 0 Å². The van der Waals surface area contributed by atoms with Crippen LogP contribution in [0.5, 0.6) is 0 Å². The van der Waals surface area contributed by atoms with Crippen molar-refractivity contribution >= 4 is 0 Å². The summed E-state index contributed by atoms with van der Waals surface area (Å²) in [5.41, 5.74) is 0. The van der Waals surface area contributed by atoms with Crippen LogP contribution in [0.25, 0.3) is 0 Å². The summed E-state index contributed by atoms with van der Waals surface area (Å²) < 4.78 is 0. The molecule has 0 amide bonds. The Morgan fingerprint density at radius 3 is 2.62 bits per heavy atom. The van der Waals surface area contributed by atoms with E-state index in [0.29, 0.717) is 0 Å². The van der Waals surface area contributed by atoms with Crippen LogP contribution in [0.15, 0.2) is 12.2 Å². The summed E-state index contributed by atoms with van der Waals surface area (Å²) in [4.78, 5) is 0. The first-order valence-electron chi connectivity index (χ1n) is 6.08. The lowest BCUT2D eigenvalue weighted by atomic mass is 9.88. The molecule has 0 N–H and O–H groups in total. The lowest BCUT2D eigenvalue weighted by molar-refractivity contribution is 0.395. The molecule has 0 saturated heterocycles. The van der Waals surface area contributed by atoms with Gasteiger partial charge in [0.15, 0.2) is 0 Å². The second kappa shape index (κ2) is 4.30. The Labute approximate surface area is 82.4 Å². The molecule has 0 aromatic heterocycles. The van der Waals surface area contributed by atoms with Crippen molar-refractivity contribution in [3.8, 4) is 0 Å². The first kappa shape index (κ1) is 9.30. The van der Waals surface area contributed by atoms with Gasteiger partial charge in [-0.1, -0.05) is 44.8 Å². The summed E-state index contributed by atoms with van der Waals surface area (Å²) in [7, 11) is 0. The van der Waals surface area contributed by atoms with Crippen molar-refractivity contribution in [2.75, 3.05) is 0 Å². The Hall–Kier alpha value is -0.260. The Kier molecular flexibility index (Phi) is 3.08. The zero-order valence-corrected chi connectivity index (χ0v) is 8.84. The molecular weight excluding hydrogens is 156 g/mol. The highest BCUT2D eigenvalue weighted by atomic mass is 14.4. The highest BCUT2D eigenvalue weighted by Gasteiger charge is 2.34. The van der Waals surface area contributed by atoms with Gasteiger partial charge in [0, 0.05) is 0 Å². The van der Waals surface area contributed by atoms with Crippen molar-refractivity contribution in [1.82, 2.24) is 0 Å². The molecule has 1 fully saturated rings. The summed E-state index contributed by atoms with van der Waals surface area (Å²) >= 11 is 0. The molecule has 0 nitrogen and oxygen atoms in total. The van der Waals surface area contributed by atoms with E-state index in [9.17, 15) is 0 Å². The second-order valence-corrected chi connectivity index (χ2v) is 4.89. The average molecular weight is 178 g/mol. The maximum Gasteiger partial charge on any atom is -0.0199 e. The molecule has 0 aromatic rings. The van der Waals surface area contributed by atoms with Crippen molar-refractivity contribution in [2.24, 2.45) is 17.8 Å². The molecule has 0 heteroatoms. The lowest BCUT2D eigenvalue weighted by Crippen LogP contribution is -2.06. The first-order chi connectivity index (χ1) is 6.40. The summed E-state index contributed by atoms with van der Waals surface area (Å²) in [6.07, 6.45) is 15.2. The first-order valence-corrected chi connectivity index (χ1v) is 6.08. The van der Waals surface area contributed by atoms with E-state index in [1.165, 1.54) is 44.9 Å². The lowest BCUT2D eigenvalue weighted by Gasteiger charge is -2.17. The summed E-state index contributed by atoms with van der Waals surface area (Å²) in [6, 6.07) is 0. The van der Waals surface area contributed by atoms with Gasteiger partial charge < -0.3 is 0 Å². The third kappa shape index (κ3) is 2.15. The van der Waals surface area contributed by atoms with Crippen LogP contribution in [-0.4, -0.2) is 0 Å². The monoisotopic (exact) mass is 178 g/mol. The quantitative estimate of drug-likeness (QED) is 0.438. The van der Waals surface area contributed by atoms with Crippen LogP contribution >= 0.6 is 0 Å². The van der Waals surface area contributed by atoms with E-state index in [-0.39, 0.29) is 0 Å². The van der Waals surface area contributed by atoms with Crippen molar-refractivity contribution in [3.63, 3.8) is 0 Å². The molecule has 0 heterocycles. The fourth-order valence-corrected chi connectivity index (χ4v) is 3.06. The van der Waals surface area contributed by atoms with Crippen LogP contribution in [-0.2, 0) is 0 Å². The summed E-state index contributed by atoms with van der Waals surface area (Å²) in [5.74, 6) is 3.01. The standard InChI is InChI=1S/C13H22/c1-2-3-4-5-6-12-9-11-7-8-13(12)10-11/h7-8,11-13H,2-6,9-10H2,1H3. The number of allylic oxidation sites excluding steroid dienone is 2. The summed E-state index contributed by atoms with van der Waals surface area (Å²) in [5, 5.41) is 0. The van der Waals surface area contributed by atoms with Crippen LogP contribution in [0.2, 0.25) is 0 Å². The molecule has 0 aromatic carbocycles. The van der Waals surface area contributed by atoms with E-state index >= 15 is 0 Å². The van der Waals surface area contributed by atoms with Crippen LogP contribution in [0.4, 0.5) is 0 Å². The maximum atomic E-state index is 2.48. The zero-order valence-electron chi connectivity index (χ0n) is 8.84. The number of rotatable bonds is 5. The van der Waals surface area contributed by atoms with Gasteiger partial charge in [-0.2, -0.15) is 0 Å². The Morgan fingerprint density at radius 2 is 2.00 bits per heavy atom. The van der Waals surface area contributed by atoms with Crippen molar-refractivity contribution < 1.29 is 0 Å². The molecule has 2 rings (SSSR count). The van der Waals surface area contributed by atoms with E-state index < -0.39 is 0 Å². The van der Waals surface area contributed by atoms with E-state index in [2.05, 4.69) is 19.1 Å². The number of unbranched alkanes of at least 4 members (excludes halogenated alkanes) is 3. The van der Waals surface area contributed by atoms with E-state index in [1.54, 1.807) is 0 Å². The minimum absolute atomic E-state index is 0.973. The Balaban J connectivity index is 1.64. The second-order valence-electron chi connectivity index (χ2n) is 4.89. The molecule has 0 aliphatic heterocycles. The fraction of sp³-hybridized carbons (Fsp3) is 0.846. The molecule has 13 heavy (non-hydrogen) atoms. The summed E-state index contributed by atoms with van der Waals surface area (Å²) in [6.45, 7) is 2.29. The van der Waals surface area contributed by atoms with Crippen molar-refractivity contribution in [1.29, 1.82) is 0 Å². The maximum absolute atomic E-state index is 2.48. The van der Waals surface area contributed by atoms with Gasteiger partial charge in [-0.25, -0.2) is 0 Å². The number of fused-ring (bicyclic) bond motifs is 2. The molecule has 3 atom stereocenters. The van der Waals surface area contributed by atoms with Crippen LogP contribution in [0.1, 0.15) is 51.9 Å². The minimum Gasteiger partial charge on any atom is -0.0851 e. The third-order valence-electron chi connectivity index (χ3n) is 3.84. The molecule has 2 aliphatic rings. The van der Waals surface area contributed by atoms with Gasteiger partial charge in [0.05, 0.1) is 0 Å². The molecule has 2 aliphatic carbocycles. The zero-order chi connectivity index (χ0) is 9.10. The fourth-order valence-electron chi connectivity index (χ4n) is 3.06. The number of hydrogen-bond acceptors (Lipinski definition) is 0. The van der Waals surface area contributed by atoms with Gasteiger partial charge in [-0.3, -0.25) is 0 Å². The normalized spacial score (nSPS) is 35.9. The highest BCUT2D eigenvalue weighted by molar-refractivity contribution is 5.09. The minimum atomic E-state index is 0.973. The van der Waals surface area contributed by atoms with Gasteiger partial charge in [-0.15, -0.1) is 0 Å². The van der Waals surface area contributed by atoms with Gasteiger partial charge in [0.25, 0.3) is 0 Å². The van der Waals surface area contributed by atoms with Crippen LogP contribution in [0.3, 0.4) is 0 Å². The van der Waals surface area contributed by atoms with Gasteiger partial charge >= 0.3 is 0 Å². The highest BCUT2D eigenvalue weighted by Crippen LogP contribution is 2.45.